The summed E-state index contributed by atoms with van der Waals surface area (Å²) in [4.78, 5) is 4.94. The maximum atomic E-state index is 13.3. The van der Waals surface area contributed by atoms with Crippen molar-refractivity contribution in [3.63, 3.8) is 0 Å². The van der Waals surface area contributed by atoms with Gasteiger partial charge in [-0.1, -0.05) is 25.0 Å². The van der Waals surface area contributed by atoms with E-state index in [1.807, 2.05) is 12.1 Å². The quantitative estimate of drug-likeness (QED) is 0.818. The highest BCUT2D eigenvalue weighted by Gasteiger charge is 2.40. The standard InChI is InChI=1S/C18H27FN2/c1-20(2)18(13-15-6-7-15)8-10-21(11-9-18)14-16-4-3-5-17(19)12-16/h3-5,12,15H,6-11,13-14H2,1-2H3. The minimum absolute atomic E-state index is 0.124. The van der Waals surface area contributed by atoms with Crippen LogP contribution >= 0.6 is 0 Å². The van der Waals surface area contributed by atoms with Crippen LogP contribution in [-0.4, -0.2) is 42.5 Å². The Morgan fingerprint density at radius 1 is 1.24 bits per heavy atom. The molecule has 2 aliphatic rings. The third kappa shape index (κ3) is 3.64. The molecule has 0 bridgehead atoms. The van der Waals surface area contributed by atoms with E-state index in [9.17, 15) is 4.39 Å². The number of nitrogens with zero attached hydrogens (tertiary/aromatic N) is 2. The second kappa shape index (κ2) is 6.05. The average molecular weight is 290 g/mol. The van der Waals surface area contributed by atoms with E-state index in [1.165, 1.54) is 38.2 Å². The number of hydrogen-bond donors (Lipinski definition) is 0. The lowest BCUT2D eigenvalue weighted by molar-refractivity contribution is 0.0418. The summed E-state index contributed by atoms with van der Waals surface area (Å²) < 4.78 is 13.3. The first kappa shape index (κ1) is 15.0. The molecule has 2 nitrogen and oxygen atoms in total. The number of benzene rings is 1. The van der Waals surface area contributed by atoms with Crippen molar-refractivity contribution >= 4 is 0 Å². The Balaban J connectivity index is 1.58. The highest BCUT2D eigenvalue weighted by molar-refractivity contribution is 5.16. The maximum absolute atomic E-state index is 13.3. The number of likely N-dealkylation sites (tertiary alicyclic amines) is 1. The van der Waals surface area contributed by atoms with Crippen LogP contribution in [0, 0.1) is 11.7 Å². The van der Waals surface area contributed by atoms with E-state index in [0.717, 1.165) is 31.1 Å². The van der Waals surface area contributed by atoms with E-state index in [-0.39, 0.29) is 5.82 Å². The molecule has 0 N–H and O–H groups in total. The van der Waals surface area contributed by atoms with Crippen LogP contribution in [0.2, 0.25) is 0 Å². The number of rotatable bonds is 5. The van der Waals surface area contributed by atoms with Gasteiger partial charge in [0.1, 0.15) is 5.82 Å². The second-order valence-corrected chi connectivity index (χ2v) is 7.17. The lowest BCUT2D eigenvalue weighted by atomic mass is 9.81. The van der Waals surface area contributed by atoms with Crippen molar-refractivity contribution in [2.24, 2.45) is 5.92 Å². The Kier molecular flexibility index (Phi) is 4.32. The van der Waals surface area contributed by atoms with E-state index in [4.69, 9.17) is 0 Å². The number of halogens is 1. The van der Waals surface area contributed by atoms with Crippen molar-refractivity contribution in [3.05, 3.63) is 35.6 Å². The van der Waals surface area contributed by atoms with Crippen molar-refractivity contribution in [3.8, 4) is 0 Å². The first-order chi connectivity index (χ1) is 10.1. The molecule has 0 atom stereocenters. The van der Waals surface area contributed by atoms with Crippen LogP contribution in [0.25, 0.3) is 0 Å². The predicted molar refractivity (Wildman–Crippen MR) is 84.7 cm³/mol. The van der Waals surface area contributed by atoms with Crippen LogP contribution in [0.5, 0.6) is 0 Å². The molecule has 3 rings (SSSR count). The molecule has 1 saturated heterocycles. The summed E-state index contributed by atoms with van der Waals surface area (Å²) in [5, 5.41) is 0. The van der Waals surface area contributed by atoms with Gasteiger partial charge >= 0.3 is 0 Å². The lowest BCUT2D eigenvalue weighted by Gasteiger charge is -2.46. The Hall–Kier alpha value is -0.930. The van der Waals surface area contributed by atoms with Gasteiger partial charge in [-0.3, -0.25) is 4.90 Å². The van der Waals surface area contributed by atoms with Crippen molar-refractivity contribution in [1.82, 2.24) is 9.80 Å². The van der Waals surface area contributed by atoms with Gasteiger partial charge in [0.2, 0.25) is 0 Å². The zero-order valence-corrected chi connectivity index (χ0v) is 13.3. The minimum Gasteiger partial charge on any atom is -0.304 e. The summed E-state index contributed by atoms with van der Waals surface area (Å²) >= 11 is 0. The highest BCUT2D eigenvalue weighted by atomic mass is 19.1. The molecule has 1 aromatic rings. The third-order valence-electron chi connectivity index (χ3n) is 5.40. The van der Waals surface area contributed by atoms with E-state index < -0.39 is 0 Å². The molecule has 0 aromatic heterocycles. The minimum atomic E-state index is -0.124. The fraction of sp³-hybridized carbons (Fsp3) is 0.667. The second-order valence-electron chi connectivity index (χ2n) is 7.17. The molecule has 1 aliphatic carbocycles. The van der Waals surface area contributed by atoms with Gasteiger partial charge in [-0.2, -0.15) is 0 Å². The van der Waals surface area contributed by atoms with Gasteiger partial charge in [0.25, 0.3) is 0 Å². The first-order valence-corrected chi connectivity index (χ1v) is 8.22. The topological polar surface area (TPSA) is 6.48 Å². The average Bonchev–Trinajstić information content (AvgIpc) is 3.25. The summed E-state index contributed by atoms with van der Waals surface area (Å²) in [5.74, 6) is 0.850. The van der Waals surface area contributed by atoms with Crippen LogP contribution in [0.3, 0.4) is 0 Å². The van der Waals surface area contributed by atoms with Crippen LogP contribution in [0.15, 0.2) is 24.3 Å². The first-order valence-electron chi connectivity index (χ1n) is 8.22. The van der Waals surface area contributed by atoms with Crippen molar-refractivity contribution in [2.75, 3.05) is 27.2 Å². The smallest absolute Gasteiger partial charge is 0.123 e. The Morgan fingerprint density at radius 3 is 2.52 bits per heavy atom. The number of piperidine rings is 1. The largest absolute Gasteiger partial charge is 0.304 e. The molecular weight excluding hydrogens is 263 g/mol. The van der Waals surface area contributed by atoms with E-state index >= 15 is 0 Å². The van der Waals surface area contributed by atoms with E-state index in [0.29, 0.717) is 5.54 Å². The highest BCUT2D eigenvalue weighted by Crippen LogP contribution is 2.42. The normalized spacial score (nSPS) is 22.7. The van der Waals surface area contributed by atoms with Crippen LogP contribution in [-0.2, 0) is 6.54 Å². The van der Waals surface area contributed by atoms with Crippen LogP contribution < -0.4 is 0 Å². The van der Waals surface area contributed by atoms with Crippen LogP contribution in [0.4, 0.5) is 4.39 Å². The zero-order chi connectivity index (χ0) is 14.9. The Bertz CT molecular complexity index is 474. The molecule has 1 saturated carbocycles. The number of hydrogen-bond acceptors (Lipinski definition) is 2. The summed E-state index contributed by atoms with van der Waals surface area (Å²) in [5.41, 5.74) is 1.49. The summed E-state index contributed by atoms with van der Waals surface area (Å²) in [7, 11) is 4.48. The maximum Gasteiger partial charge on any atom is 0.123 e. The molecule has 116 valence electrons. The molecule has 0 radical (unpaired) electrons. The molecule has 1 heterocycles. The summed E-state index contributed by atoms with van der Waals surface area (Å²) in [6.07, 6.45) is 6.72. The summed E-state index contributed by atoms with van der Waals surface area (Å²) in [6, 6.07) is 7.03. The SMILES string of the molecule is CN(C)C1(CC2CC2)CCN(Cc2cccc(F)c2)CC1. The van der Waals surface area contributed by atoms with Gasteiger partial charge in [-0.15, -0.1) is 0 Å². The van der Waals surface area contributed by atoms with Crippen molar-refractivity contribution in [2.45, 2.75) is 44.2 Å². The Labute approximate surface area is 127 Å². The fourth-order valence-corrected chi connectivity index (χ4v) is 3.71. The van der Waals surface area contributed by atoms with Crippen molar-refractivity contribution in [1.29, 1.82) is 0 Å². The van der Waals surface area contributed by atoms with Gasteiger partial charge < -0.3 is 4.90 Å². The predicted octanol–water partition coefficient (Wildman–Crippen LogP) is 3.52. The molecule has 1 aromatic carbocycles. The van der Waals surface area contributed by atoms with Gasteiger partial charge in [-0.25, -0.2) is 4.39 Å². The van der Waals surface area contributed by atoms with Crippen LogP contribution in [0.1, 0.15) is 37.7 Å². The molecule has 3 heteroatoms. The lowest BCUT2D eigenvalue weighted by Crippen LogP contribution is -2.52. The van der Waals surface area contributed by atoms with Gasteiger partial charge in [0.15, 0.2) is 0 Å². The van der Waals surface area contributed by atoms with E-state index in [2.05, 4.69) is 23.9 Å². The van der Waals surface area contributed by atoms with Gasteiger partial charge in [0.05, 0.1) is 0 Å². The monoisotopic (exact) mass is 290 g/mol. The Morgan fingerprint density at radius 2 is 1.95 bits per heavy atom. The van der Waals surface area contributed by atoms with Crippen molar-refractivity contribution < 1.29 is 4.39 Å². The third-order valence-corrected chi connectivity index (χ3v) is 5.40. The fourth-order valence-electron chi connectivity index (χ4n) is 3.71. The molecule has 0 unspecified atom stereocenters. The molecular formula is C18H27FN2. The molecule has 0 spiro atoms. The van der Waals surface area contributed by atoms with Gasteiger partial charge in [-0.05, 0) is 57.0 Å². The molecule has 0 amide bonds. The molecule has 1 aliphatic heterocycles. The molecule has 21 heavy (non-hydrogen) atoms. The van der Waals surface area contributed by atoms with Gasteiger partial charge in [0, 0.05) is 25.2 Å². The van der Waals surface area contributed by atoms with E-state index in [1.54, 1.807) is 6.07 Å². The summed E-state index contributed by atoms with van der Waals surface area (Å²) in [6.45, 7) is 3.13. The zero-order valence-electron chi connectivity index (χ0n) is 13.3. The molecule has 2 fully saturated rings.